The van der Waals surface area contributed by atoms with E-state index in [0.717, 1.165) is 44.3 Å². The number of aromatic amines is 2. The number of fused-ring (bicyclic) bond motifs is 8. The fourth-order valence-electron chi connectivity index (χ4n) is 6.50. The Kier molecular flexibility index (Phi) is 11.7. The van der Waals surface area contributed by atoms with Crippen LogP contribution in [0.15, 0.2) is 24.8 Å². The van der Waals surface area contributed by atoms with E-state index >= 15 is 0 Å². The summed E-state index contributed by atoms with van der Waals surface area (Å²) in [5.41, 5.74) is 8.29. The van der Waals surface area contributed by atoms with Crippen LogP contribution in [0.2, 0.25) is 0 Å². The van der Waals surface area contributed by atoms with Crippen molar-refractivity contribution < 1.29 is 76.3 Å². The minimum absolute atomic E-state index is 0. The second-order valence-corrected chi connectivity index (χ2v) is 11.4. The van der Waals surface area contributed by atoms with Gasteiger partial charge in [0.15, 0.2) is 0 Å². The Morgan fingerprint density at radius 2 is 1.57 bits per heavy atom. The zero-order valence-corrected chi connectivity index (χ0v) is 29.6. The number of carbonyl (C=O) groups is 3. The van der Waals surface area contributed by atoms with Crippen LogP contribution in [0.5, 0.6) is 0 Å². The predicted molar refractivity (Wildman–Crippen MR) is 162 cm³/mol. The van der Waals surface area contributed by atoms with Gasteiger partial charge in [0.2, 0.25) is 0 Å². The molecule has 2 aliphatic rings. The topological polar surface area (TPSA) is 178 Å². The maximum Gasteiger partial charge on any atom is 2.00 e. The van der Waals surface area contributed by atoms with Crippen LogP contribution in [-0.2, 0) is 44.3 Å². The molecule has 0 saturated carbocycles. The molecule has 0 spiro atoms. The molecule has 0 saturated heterocycles. The molecular weight excluding hydrogens is 647 g/mol. The molecule has 5 heterocycles. The Labute approximate surface area is 299 Å². The maximum absolute atomic E-state index is 12.5. The molecule has 2 N–H and O–H groups in total. The van der Waals surface area contributed by atoms with Gasteiger partial charge in [-0.1, -0.05) is 26.5 Å². The Hall–Kier alpha value is -3.47. The number of nitrogens with zero attached hydrogens (tertiary/aromatic N) is 2. The average molecular weight is 680 g/mol. The van der Waals surface area contributed by atoms with Crippen molar-refractivity contribution in [3.05, 3.63) is 75.4 Å². The standard InChI is InChI=1S/C34H36N4O6.Cu.Na/c1-7-19-15(3)23-12-25-17(5)21(9-10-29(39)40)32(37-25)22(11-30(41)42)33-31(34(43)44)18(6)26(38-33)14-28-20(8-2)16(4)24(36-28)13-27(19)35-23;;/h7,12-14,17,21,35-36H,1,8-11H2,2-6H3,(H,39,40)(H,41,42)(H,43,44);;/q;+2;+1/p-3/t17-,21-;;/m0../s1. The number of carboxylic acid groups (broad SMARTS) is 3. The number of H-pyrrole nitrogens is 2. The molecular formula is C34H33CuN4NaO6. The molecule has 0 aromatic carbocycles. The number of carboxylic acids is 3. The Morgan fingerprint density at radius 3 is 2.15 bits per heavy atom. The molecule has 3 aromatic rings. The van der Waals surface area contributed by atoms with E-state index in [1.165, 1.54) is 0 Å². The van der Waals surface area contributed by atoms with Crippen molar-refractivity contribution in [1.82, 2.24) is 19.9 Å². The molecule has 2 atom stereocenters. The summed E-state index contributed by atoms with van der Waals surface area (Å²) in [6.07, 6.45) is 1.59. The van der Waals surface area contributed by atoms with Gasteiger partial charge in [0, 0.05) is 74.7 Å². The summed E-state index contributed by atoms with van der Waals surface area (Å²) < 4.78 is 0. The summed E-state index contributed by atoms with van der Waals surface area (Å²) in [4.78, 5) is 52.6. The summed E-state index contributed by atoms with van der Waals surface area (Å²) in [5.74, 6) is -5.11. The van der Waals surface area contributed by atoms with Gasteiger partial charge in [-0.25, -0.2) is 4.98 Å². The van der Waals surface area contributed by atoms with Crippen molar-refractivity contribution in [2.45, 2.75) is 72.1 Å². The first-order valence-electron chi connectivity index (χ1n) is 14.6. The largest absolute Gasteiger partial charge is 2.00 e. The Morgan fingerprint density at radius 1 is 0.913 bits per heavy atom. The van der Waals surface area contributed by atoms with Gasteiger partial charge in [0.1, 0.15) is 0 Å². The van der Waals surface area contributed by atoms with Crippen LogP contribution >= 0.6 is 0 Å². The SMILES string of the molecule is C=Cc1c(C)c2cc3nc(c(CC(=O)[O-])c4nc(cc5[nH]c(cc1[nH]2)c(C)c5CC)C(C)=C4C(=O)[O-])[C@@H](CCC(=O)[O-])[C@@H]3C.[Cu+2].[Na+]. The Balaban J connectivity index is 0.00000288. The minimum Gasteiger partial charge on any atom is -0.550 e. The van der Waals surface area contributed by atoms with Gasteiger partial charge in [0.05, 0.1) is 23.1 Å². The first-order valence-corrected chi connectivity index (χ1v) is 14.6. The van der Waals surface area contributed by atoms with Crippen molar-refractivity contribution in [2.75, 3.05) is 0 Å². The Bertz CT molecular complexity index is 1960. The van der Waals surface area contributed by atoms with Crippen molar-refractivity contribution in [3.63, 3.8) is 0 Å². The zero-order valence-electron chi connectivity index (χ0n) is 26.6. The monoisotopic (exact) mass is 679 g/mol. The van der Waals surface area contributed by atoms with E-state index in [4.69, 9.17) is 4.98 Å². The third kappa shape index (κ3) is 6.66. The third-order valence-corrected chi connectivity index (χ3v) is 8.92. The van der Waals surface area contributed by atoms with Gasteiger partial charge in [0.25, 0.3) is 0 Å². The van der Waals surface area contributed by atoms with Crippen LogP contribution in [0, 0.1) is 13.8 Å². The van der Waals surface area contributed by atoms with Crippen LogP contribution < -0.4 is 44.9 Å². The van der Waals surface area contributed by atoms with Gasteiger partial charge in [-0.3, -0.25) is 4.98 Å². The van der Waals surface area contributed by atoms with Crippen LogP contribution in [0.25, 0.3) is 39.3 Å². The number of carbonyl (C=O) groups excluding carboxylic acids is 3. The van der Waals surface area contributed by atoms with Gasteiger partial charge >= 0.3 is 46.6 Å². The van der Waals surface area contributed by atoms with Gasteiger partial charge in [-0.05, 0) is 80.5 Å². The number of aromatic nitrogens is 4. The van der Waals surface area contributed by atoms with Gasteiger partial charge in [-0.2, -0.15) is 0 Å². The third-order valence-electron chi connectivity index (χ3n) is 8.92. The minimum atomic E-state index is -1.51. The number of hydrogen-bond acceptors (Lipinski definition) is 8. The van der Waals surface area contributed by atoms with Crippen LogP contribution in [0.4, 0.5) is 0 Å². The molecule has 2 aliphatic heterocycles. The van der Waals surface area contributed by atoms with E-state index in [2.05, 4.69) is 21.5 Å². The number of aliphatic carboxylic acids is 3. The van der Waals surface area contributed by atoms with E-state index in [1.54, 1.807) is 19.1 Å². The van der Waals surface area contributed by atoms with Gasteiger partial charge in [-0.15, -0.1) is 0 Å². The molecule has 237 valence electrons. The van der Waals surface area contributed by atoms with Crippen molar-refractivity contribution in [2.24, 2.45) is 0 Å². The molecule has 3 aromatic heterocycles. The molecule has 0 unspecified atom stereocenters. The molecule has 1 radical (unpaired) electrons. The molecule has 10 nitrogen and oxygen atoms in total. The maximum atomic E-state index is 12.5. The molecule has 12 heteroatoms. The molecule has 0 fully saturated rings. The molecule has 5 rings (SSSR count). The van der Waals surface area contributed by atoms with Crippen LogP contribution in [-0.4, -0.2) is 37.8 Å². The summed E-state index contributed by atoms with van der Waals surface area (Å²) in [7, 11) is 0. The molecule has 8 bridgehead atoms. The molecule has 46 heavy (non-hydrogen) atoms. The van der Waals surface area contributed by atoms with E-state index in [1.807, 2.05) is 39.8 Å². The first-order chi connectivity index (χ1) is 20.9. The molecule has 0 amide bonds. The summed E-state index contributed by atoms with van der Waals surface area (Å²) in [6.45, 7) is 13.5. The summed E-state index contributed by atoms with van der Waals surface area (Å²) in [5, 5.41) is 36.2. The number of aryl methyl sites for hydroxylation is 3. The fraction of sp³-hybridized carbons (Fsp3) is 0.324. The van der Waals surface area contributed by atoms with E-state index in [0.29, 0.717) is 23.4 Å². The predicted octanol–water partition coefficient (Wildman–Crippen LogP) is -0.471. The summed E-state index contributed by atoms with van der Waals surface area (Å²) in [6, 6.07) is 5.63. The second kappa shape index (κ2) is 14.5. The van der Waals surface area contributed by atoms with Crippen molar-refractivity contribution in [3.8, 4) is 0 Å². The number of hydrogen-bond donors (Lipinski definition) is 2. The van der Waals surface area contributed by atoms with E-state index in [9.17, 15) is 29.7 Å². The second-order valence-electron chi connectivity index (χ2n) is 11.4. The number of rotatable bonds is 8. The van der Waals surface area contributed by atoms with Crippen LogP contribution in [0.1, 0.15) is 96.0 Å². The zero-order chi connectivity index (χ0) is 32.0. The van der Waals surface area contributed by atoms with E-state index < -0.39 is 30.2 Å². The fourth-order valence-corrected chi connectivity index (χ4v) is 6.50. The number of nitrogens with one attached hydrogen (secondary N) is 2. The average Bonchev–Trinajstić information content (AvgIpc) is 3.63. The smallest absolute Gasteiger partial charge is 0.550 e. The van der Waals surface area contributed by atoms with Crippen molar-refractivity contribution >= 4 is 57.2 Å². The van der Waals surface area contributed by atoms with Crippen LogP contribution in [0.3, 0.4) is 0 Å². The van der Waals surface area contributed by atoms with E-state index in [-0.39, 0.29) is 87.9 Å². The van der Waals surface area contributed by atoms with Crippen molar-refractivity contribution in [1.29, 1.82) is 0 Å². The number of allylic oxidation sites excluding steroid dienone is 1. The normalized spacial score (nSPS) is 15.6. The summed E-state index contributed by atoms with van der Waals surface area (Å²) >= 11 is 0. The van der Waals surface area contributed by atoms with Gasteiger partial charge < -0.3 is 39.7 Å². The quantitative estimate of drug-likeness (QED) is 0.300. The molecule has 0 aliphatic carbocycles. The first kappa shape index (κ1) is 37.0.